The number of benzene rings is 1. The maximum absolute atomic E-state index is 14.2. The largest absolute Gasteiger partial charge is 0.364 e. The van der Waals surface area contributed by atoms with Crippen LogP contribution in [-0.4, -0.2) is 51.7 Å². The van der Waals surface area contributed by atoms with Crippen LogP contribution in [0.5, 0.6) is 0 Å². The Kier molecular flexibility index (Phi) is 5.25. The van der Waals surface area contributed by atoms with Crippen LogP contribution in [0, 0.1) is 5.82 Å². The molecule has 10 nitrogen and oxygen atoms in total. The maximum atomic E-state index is 14.2. The molecule has 31 heavy (non-hydrogen) atoms. The number of rotatable bonds is 6. The van der Waals surface area contributed by atoms with Gasteiger partial charge in [0.15, 0.2) is 10.7 Å². The topological polar surface area (TPSA) is 127 Å². The van der Waals surface area contributed by atoms with Gasteiger partial charge in [-0.2, -0.15) is 5.10 Å². The average Bonchev–Trinajstić information content (AvgIpc) is 3.39. The Labute approximate surface area is 176 Å². The van der Waals surface area contributed by atoms with E-state index in [1.165, 1.54) is 31.1 Å². The van der Waals surface area contributed by atoms with Gasteiger partial charge >= 0.3 is 0 Å². The van der Waals surface area contributed by atoms with E-state index in [0.29, 0.717) is 17.0 Å². The van der Waals surface area contributed by atoms with Crippen molar-refractivity contribution >= 4 is 10.0 Å². The third-order valence-corrected chi connectivity index (χ3v) is 6.33. The SMILES string of the molecule is CN(C)S(=O)(=O)c1cnc(-c2cc(-c3ccon3)n(Cc3ccccc3F)n2)[nH]c1=O. The fourth-order valence-electron chi connectivity index (χ4n) is 2.89. The fraction of sp³-hybridized carbons (Fsp3) is 0.158. The molecule has 0 spiro atoms. The van der Waals surface area contributed by atoms with Gasteiger partial charge in [0.05, 0.1) is 18.4 Å². The van der Waals surface area contributed by atoms with Crippen LogP contribution in [0.3, 0.4) is 0 Å². The zero-order chi connectivity index (χ0) is 22.2. The maximum Gasteiger partial charge on any atom is 0.271 e. The number of hydrogen-bond donors (Lipinski definition) is 1. The molecule has 3 aromatic heterocycles. The number of aromatic nitrogens is 5. The summed E-state index contributed by atoms with van der Waals surface area (Å²) in [7, 11) is -1.32. The second-order valence-corrected chi connectivity index (χ2v) is 8.88. The van der Waals surface area contributed by atoms with Crippen LogP contribution in [0.2, 0.25) is 0 Å². The molecule has 0 atom stereocenters. The lowest BCUT2D eigenvalue weighted by molar-refractivity contribution is 0.421. The minimum Gasteiger partial charge on any atom is -0.364 e. The van der Waals surface area contributed by atoms with Crippen molar-refractivity contribution in [2.45, 2.75) is 11.4 Å². The summed E-state index contributed by atoms with van der Waals surface area (Å²) in [5.41, 5.74) is 0.769. The van der Waals surface area contributed by atoms with Crippen LogP contribution in [0.15, 0.2) is 63.1 Å². The van der Waals surface area contributed by atoms with Gasteiger partial charge in [0.2, 0.25) is 10.0 Å². The van der Waals surface area contributed by atoms with Gasteiger partial charge in [-0.25, -0.2) is 22.1 Å². The van der Waals surface area contributed by atoms with Crippen LogP contribution in [-0.2, 0) is 16.6 Å². The first-order valence-corrected chi connectivity index (χ1v) is 10.5. The predicted molar refractivity (Wildman–Crippen MR) is 108 cm³/mol. The number of nitrogens with one attached hydrogen (secondary N) is 1. The fourth-order valence-corrected chi connectivity index (χ4v) is 3.75. The Balaban J connectivity index is 1.79. The van der Waals surface area contributed by atoms with E-state index in [1.807, 2.05) is 0 Å². The van der Waals surface area contributed by atoms with Gasteiger partial charge in [-0.15, -0.1) is 0 Å². The van der Waals surface area contributed by atoms with E-state index in [9.17, 15) is 17.6 Å². The highest BCUT2D eigenvalue weighted by atomic mass is 32.2. The quantitative estimate of drug-likeness (QED) is 0.480. The molecule has 1 N–H and O–H groups in total. The van der Waals surface area contributed by atoms with Gasteiger partial charge in [-0.1, -0.05) is 23.4 Å². The molecule has 0 saturated carbocycles. The normalized spacial score (nSPS) is 11.9. The van der Waals surface area contributed by atoms with Crippen molar-refractivity contribution in [1.82, 2.24) is 29.2 Å². The van der Waals surface area contributed by atoms with Crippen molar-refractivity contribution < 1.29 is 17.3 Å². The zero-order valence-electron chi connectivity index (χ0n) is 16.5. The van der Waals surface area contributed by atoms with Gasteiger partial charge in [0.1, 0.15) is 23.5 Å². The Morgan fingerprint density at radius 2 is 1.97 bits per heavy atom. The molecule has 0 saturated heterocycles. The summed E-state index contributed by atoms with van der Waals surface area (Å²) >= 11 is 0. The van der Waals surface area contributed by atoms with Crippen LogP contribution in [0.25, 0.3) is 22.9 Å². The van der Waals surface area contributed by atoms with E-state index in [-0.39, 0.29) is 18.1 Å². The summed E-state index contributed by atoms with van der Waals surface area (Å²) < 4.78 is 46.0. The third kappa shape index (κ3) is 3.90. The number of hydrogen-bond acceptors (Lipinski definition) is 7. The molecule has 0 aliphatic carbocycles. The van der Waals surface area contributed by atoms with Gasteiger partial charge in [-0.3, -0.25) is 9.48 Å². The first-order valence-electron chi connectivity index (χ1n) is 9.01. The molecule has 0 unspecified atom stereocenters. The number of sulfonamides is 1. The highest BCUT2D eigenvalue weighted by Crippen LogP contribution is 2.24. The Bertz CT molecular complexity index is 1390. The standard InChI is InChI=1S/C19H17FN6O4S/c1-25(2)31(28,29)17-10-21-18(22-19(17)27)15-9-16(14-7-8-30-24-14)26(23-15)11-12-5-3-4-6-13(12)20/h3-10H,11H2,1-2H3,(H,21,22,27). The second kappa shape index (κ2) is 7.89. The van der Waals surface area contributed by atoms with Gasteiger partial charge in [0, 0.05) is 25.7 Å². The number of halogens is 1. The number of nitrogens with zero attached hydrogens (tertiary/aromatic N) is 5. The van der Waals surface area contributed by atoms with Crippen molar-refractivity contribution in [2.75, 3.05) is 14.1 Å². The molecule has 0 radical (unpaired) electrons. The minimum atomic E-state index is -3.95. The summed E-state index contributed by atoms with van der Waals surface area (Å²) in [4.78, 5) is 18.4. The molecule has 160 valence electrons. The lowest BCUT2D eigenvalue weighted by atomic mass is 10.2. The van der Waals surface area contributed by atoms with Crippen LogP contribution in [0.1, 0.15) is 5.56 Å². The van der Waals surface area contributed by atoms with Gasteiger partial charge in [0.25, 0.3) is 5.56 Å². The molecule has 0 aliphatic rings. The van der Waals surface area contributed by atoms with Gasteiger partial charge < -0.3 is 9.51 Å². The van der Waals surface area contributed by atoms with Gasteiger partial charge in [-0.05, 0) is 12.1 Å². The zero-order valence-corrected chi connectivity index (χ0v) is 17.3. The second-order valence-electron chi connectivity index (χ2n) is 6.76. The predicted octanol–water partition coefficient (Wildman–Crippen LogP) is 1.73. The Morgan fingerprint density at radius 1 is 1.19 bits per heavy atom. The molecule has 4 rings (SSSR count). The van der Waals surface area contributed by atoms with Crippen molar-refractivity contribution in [3.05, 3.63) is 70.6 Å². The van der Waals surface area contributed by atoms with Crippen molar-refractivity contribution in [3.8, 4) is 22.9 Å². The van der Waals surface area contributed by atoms with Crippen molar-refractivity contribution in [1.29, 1.82) is 0 Å². The van der Waals surface area contributed by atoms with E-state index in [2.05, 4.69) is 20.2 Å². The van der Waals surface area contributed by atoms with E-state index in [1.54, 1.807) is 30.3 Å². The molecule has 12 heteroatoms. The number of aromatic amines is 1. The Morgan fingerprint density at radius 3 is 2.61 bits per heavy atom. The third-order valence-electron chi connectivity index (χ3n) is 4.53. The van der Waals surface area contributed by atoms with E-state index < -0.39 is 26.3 Å². The average molecular weight is 444 g/mol. The van der Waals surface area contributed by atoms with Crippen molar-refractivity contribution in [2.24, 2.45) is 0 Å². The monoisotopic (exact) mass is 444 g/mol. The van der Waals surface area contributed by atoms with Crippen molar-refractivity contribution in [3.63, 3.8) is 0 Å². The molecule has 1 aromatic carbocycles. The molecule has 0 amide bonds. The minimum absolute atomic E-state index is 0.0553. The first kappa shape index (κ1) is 20.6. The summed E-state index contributed by atoms with van der Waals surface area (Å²) in [6.45, 7) is 0.0895. The Hall–Kier alpha value is -3.64. The molecule has 3 heterocycles. The highest BCUT2D eigenvalue weighted by molar-refractivity contribution is 7.89. The van der Waals surface area contributed by atoms with E-state index >= 15 is 0 Å². The summed E-state index contributed by atoms with van der Waals surface area (Å²) in [6.07, 6.45) is 2.37. The molecule has 0 aliphatic heterocycles. The first-order chi connectivity index (χ1) is 14.8. The number of H-pyrrole nitrogens is 1. The highest BCUT2D eigenvalue weighted by Gasteiger charge is 2.23. The summed E-state index contributed by atoms with van der Waals surface area (Å²) in [5.74, 6) is -0.338. The molecule has 4 aromatic rings. The summed E-state index contributed by atoms with van der Waals surface area (Å²) in [5, 5.41) is 8.31. The summed E-state index contributed by atoms with van der Waals surface area (Å²) in [6, 6.07) is 9.48. The molecular formula is C19H17FN6O4S. The van der Waals surface area contributed by atoms with Crippen LogP contribution >= 0.6 is 0 Å². The molecule has 0 bridgehead atoms. The smallest absolute Gasteiger partial charge is 0.271 e. The molecule has 0 fully saturated rings. The van der Waals surface area contributed by atoms with Crippen LogP contribution in [0.4, 0.5) is 4.39 Å². The van der Waals surface area contributed by atoms with E-state index in [4.69, 9.17) is 4.52 Å². The lowest BCUT2D eigenvalue weighted by Gasteiger charge is -2.10. The molecular weight excluding hydrogens is 427 g/mol. The van der Waals surface area contributed by atoms with Crippen LogP contribution < -0.4 is 5.56 Å². The van der Waals surface area contributed by atoms with E-state index in [0.717, 1.165) is 10.5 Å². The lowest BCUT2D eigenvalue weighted by Crippen LogP contribution is -2.29.